The predicted molar refractivity (Wildman–Crippen MR) is 142 cm³/mol. The van der Waals surface area contributed by atoms with Crippen molar-refractivity contribution in [3.8, 4) is 22.6 Å². The number of carbonyl (C=O) groups excluding carboxylic acids is 1. The summed E-state index contributed by atoms with van der Waals surface area (Å²) in [7, 11) is -2.22. The molecule has 1 saturated carbocycles. The highest BCUT2D eigenvalue weighted by Crippen LogP contribution is 2.43. The Labute approximate surface area is 224 Å². The van der Waals surface area contributed by atoms with E-state index >= 15 is 0 Å². The molecule has 1 amide bonds. The van der Waals surface area contributed by atoms with Crippen LogP contribution in [0.4, 0.5) is 5.82 Å². The maximum Gasteiger partial charge on any atom is 0.249 e. The molecular weight excluding hydrogens is 524 g/mol. The predicted octanol–water partition coefficient (Wildman–Crippen LogP) is 1.71. The van der Waals surface area contributed by atoms with Crippen molar-refractivity contribution < 1.29 is 22.7 Å². The number of aromatic nitrogens is 6. The number of methoxy groups -OCH3 is 1. The maximum absolute atomic E-state index is 12.9. The highest BCUT2D eigenvalue weighted by molar-refractivity contribution is 7.91. The van der Waals surface area contributed by atoms with E-state index in [0.29, 0.717) is 60.7 Å². The largest absolute Gasteiger partial charge is 0.382 e. The lowest BCUT2D eigenvalue weighted by molar-refractivity contribution is -0.151. The standard InChI is InChI=1S/C25H30N8O5S/c1-37-11-12-38-25(24(27)34)7-5-15(6-8-25)19-20(39(2,35)36)21(26)33-23(32-19)17(14-31-33)16-3-4-18(30-13-16)22-28-9-10-29-22/h3-4,9-10,13-15H,5-8,11-12,26H2,1-2H3,(H2,27,34)(H,28,29)/t15-,25-. The van der Waals surface area contributed by atoms with Crippen LogP contribution >= 0.6 is 0 Å². The molecule has 0 spiro atoms. The zero-order valence-electron chi connectivity index (χ0n) is 21.6. The number of nitrogens with zero attached hydrogens (tertiary/aromatic N) is 5. The highest BCUT2D eigenvalue weighted by Gasteiger charge is 2.43. The number of nitrogens with two attached hydrogens (primary N) is 2. The Hall–Kier alpha value is -3.88. The Kier molecular flexibility index (Phi) is 7.09. The van der Waals surface area contributed by atoms with Crippen molar-refractivity contribution in [3.05, 3.63) is 42.6 Å². The van der Waals surface area contributed by atoms with E-state index in [4.69, 9.17) is 25.9 Å². The fraction of sp³-hybridized carbons (Fsp3) is 0.400. The minimum absolute atomic E-state index is 0.0213. The molecule has 5 rings (SSSR count). The second kappa shape index (κ2) is 10.4. The highest BCUT2D eigenvalue weighted by atomic mass is 32.2. The van der Waals surface area contributed by atoms with Gasteiger partial charge in [-0.3, -0.25) is 9.78 Å². The van der Waals surface area contributed by atoms with Gasteiger partial charge in [-0.2, -0.15) is 9.61 Å². The number of imidazole rings is 1. The van der Waals surface area contributed by atoms with Gasteiger partial charge in [0.25, 0.3) is 0 Å². The summed E-state index contributed by atoms with van der Waals surface area (Å²) in [5.41, 5.74) is 13.8. The quantitative estimate of drug-likeness (QED) is 0.256. The first-order chi connectivity index (χ1) is 18.6. The number of sulfone groups is 1. The number of anilines is 1. The molecule has 0 aliphatic heterocycles. The van der Waals surface area contributed by atoms with Gasteiger partial charge in [0.2, 0.25) is 5.91 Å². The number of nitrogens with one attached hydrogen (secondary N) is 1. The van der Waals surface area contributed by atoms with Gasteiger partial charge < -0.3 is 25.9 Å². The van der Waals surface area contributed by atoms with E-state index in [9.17, 15) is 13.2 Å². The van der Waals surface area contributed by atoms with Gasteiger partial charge in [-0.1, -0.05) is 6.07 Å². The number of pyridine rings is 1. The Morgan fingerprint density at radius 1 is 1.21 bits per heavy atom. The van der Waals surface area contributed by atoms with Crippen molar-refractivity contribution >= 4 is 27.2 Å². The van der Waals surface area contributed by atoms with E-state index in [2.05, 4.69) is 20.1 Å². The molecule has 0 aromatic carbocycles. The van der Waals surface area contributed by atoms with Gasteiger partial charge in [0.15, 0.2) is 21.3 Å². The van der Waals surface area contributed by atoms with Crippen molar-refractivity contribution in [1.82, 2.24) is 29.5 Å². The molecule has 4 aromatic rings. The lowest BCUT2D eigenvalue weighted by Crippen LogP contribution is -2.49. The number of aromatic amines is 1. The SMILES string of the molecule is COCCO[C@]1(C(N)=O)CC[C@@H](c2nc3c(-c4ccc(-c5ncc[nH]5)nc4)cnn3c(N)c2S(C)(=O)=O)CC1. The molecular formula is C25H30N8O5S. The molecule has 39 heavy (non-hydrogen) atoms. The third kappa shape index (κ3) is 4.97. The van der Waals surface area contributed by atoms with E-state index in [1.165, 1.54) is 4.52 Å². The van der Waals surface area contributed by atoms with E-state index in [1.54, 1.807) is 31.9 Å². The van der Waals surface area contributed by atoms with Gasteiger partial charge >= 0.3 is 0 Å². The summed E-state index contributed by atoms with van der Waals surface area (Å²) in [6.45, 7) is 0.550. The summed E-state index contributed by atoms with van der Waals surface area (Å²) in [4.78, 5) is 28.8. The van der Waals surface area contributed by atoms with Crippen molar-refractivity contribution in [2.75, 3.05) is 32.3 Å². The lowest BCUT2D eigenvalue weighted by Gasteiger charge is -2.37. The van der Waals surface area contributed by atoms with Gasteiger partial charge in [0.1, 0.15) is 22.0 Å². The summed E-state index contributed by atoms with van der Waals surface area (Å²) < 4.78 is 38.0. The van der Waals surface area contributed by atoms with Gasteiger partial charge in [0, 0.05) is 49.0 Å². The second-order valence-corrected chi connectivity index (χ2v) is 11.6. The summed E-state index contributed by atoms with van der Waals surface area (Å²) in [6, 6.07) is 3.68. The van der Waals surface area contributed by atoms with Gasteiger partial charge in [-0.15, -0.1) is 0 Å². The van der Waals surface area contributed by atoms with Crippen molar-refractivity contribution in [3.63, 3.8) is 0 Å². The van der Waals surface area contributed by atoms with Crippen LogP contribution in [-0.4, -0.2) is 76.1 Å². The lowest BCUT2D eigenvalue weighted by atomic mass is 9.77. The number of carbonyl (C=O) groups is 1. The molecule has 1 fully saturated rings. The Bertz CT molecular complexity index is 1590. The molecule has 13 nitrogen and oxygen atoms in total. The molecule has 1 aliphatic rings. The van der Waals surface area contributed by atoms with E-state index < -0.39 is 21.3 Å². The Morgan fingerprint density at radius 2 is 1.97 bits per heavy atom. The number of nitrogen functional groups attached to an aromatic ring is 1. The van der Waals surface area contributed by atoms with E-state index in [0.717, 1.165) is 11.8 Å². The van der Waals surface area contributed by atoms with Crippen molar-refractivity contribution in [1.29, 1.82) is 0 Å². The van der Waals surface area contributed by atoms with Gasteiger partial charge in [0.05, 0.1) is 25.1 Å². The smallest absolute Gasteiger partial charge is 0.249 e. The molecule has 5 N–H and O–H groups in total. The zero-order valence-corrected chi connectivity index (χ0v) is 22.4. The van der Waals surface area contributed by atoms with Gasteiger partial charge in [-0.05, 0) is 31.7 Å². The Balaban J connectivity index is 1.53. The summed E-state index contributed by atoms with van der Waals surface area (Å²) >= 11 is 0. The van der Waals surface area contributed by atoms with Gasteiger partial charge in [-0.25, -0.2) is 18.4 Å². The van der Waals surface area contributed by atoms with Crippen LogP contribution in [0.25, 0.3) is 28.3 Å². The van der Waals surface area contributed by atoms with E-state index in [-0.39, 0.29) is 23.2 Å². The normalized spacial score (nSPS) is 19.9. The minimum atomic E-state index is -3.76. The van der Waals surface area contributed by atoms with Crippen LogP contribution in [0, 0.1) is 0 Å². The second-order valence-electron chi connectivity index (χ2n) is 9.62. The van der Waals surface area contributed by atoms with Crippen LogP contribution < -0.4 is 11.5 Å². The third-order valence-corrected chi connectivity index (χ3v) is 8.30. The first kappa shape index (κ1) is 26.7. The first-order valence-electron chi connectivity index (χ1n) is 12.4. The third-order valence-electron chi connectivity index (χ3n) is 7.14. The minimum Gasteiger partial charge on any atom is -0.382 e. The number of fused-ring (bicyclic) bond motifs is 1. The molecule has 0 unspecified atom stereocenters. The zero-order chi connectivity index (χ0) is 27.8. The molecule has 4 heterocycles. The van der Waals surface area contributed by atoms with E-state index in [1.807, 2.05) is 12.1 Å². The van der Waals surface area contributed by atoms with Crippen LogP contribution in [-0.2, 0) is 24.1 Å². The fourth-order valence-corrected chi connectivity index (χ4v) is 6.18. The molecule has 4 aromatic heterocycles. The average molecular weight is 555 g/mol. The van der Waals surface area contributed by atoms with Crippen LogP contribution in [0.15, 0.2) is 41.8 Å². The Morgan fingerprint density at radius 3 is 2.56 bits per heavy atom. The molecule has 206 valence electrons. The molecule has 0 atom stereocenters. The topological polar surface area (TPSA) is 193 Å². The van der Waals surface area contributed by atoms with Crippen molar-refractivity contribution in [2.45, 2.75) is 42.1 Å². The van der Waals surface area contributed by atoms with Crippen LogP contribution in [0.2, 0.25) is 0 Å². The van der Waals surface area contributed by atoms with Crippen LogP contribution in [0.5, 0.6) is 0 Å². The molecule has 1 aliphatic carbocycles. The average Bonchev–Trinajstić information content (AvgIpc) is 3.59. The van der Waals surface area contributed by atoms with Crippen molar-refractivity contribution in [2.24, 2.45) is 5.73 Å². The number of H-pyrrole nitrogens is 1. The number of ether oxygens (including phenoxy) is 2. The first-order valence-corrected chi connectivity index (χ1v) is 14.3. The summed E-state index contributed by atoms with van der Waals surface area (Å²) in [5, 5.41) is 4.34. The molecule has 0 saturated heterocycles. The summed E-state index contributed by atoms with van der Waals surface area (Å²) in [5.74, 6) is -0.221. The fourth-order valence-electron chi connectivity index (χ4n) is 5.12. The number of hydrogen-bond acceptors (Lipinski definition) is 10. The molecule has 14 heteroatoms. The summed E-state index contributed by atoms with van der Waals surface area (Å²) in [6.07, 6.45) is 9.23. The molecule has 0 radical (unpaired) electrons. The van der Waals surface area contributed by atoms with Crippen LogP contribution in [0.1, 0.15) is 37.3 Å². The maximum atomic E-state index is 12.9. The number of rotatable bonds is 9. The number of amides is 1. The molecule has 0 bridgehead atoms. The van der Waals surface area contributed by atoms with Crippen LogP contribution in [0.3, 0.4) is 0 Å². The number of primary amides is 1. The number of hydrogen-bond donors (Lipinski definition) is 3. The monoisotopic (exact) mass is 554 g/mol.